The van der Waals surface area contributed by atoms with Crippen molar-refractivity contribution in [3.8, 4) is 11.5 Å². The average molecular weight is 327 g/mol. The summed E-state index contributed by atoms with van der Waals surface area (Å²) in [5, 5.41) is 0.710. The molecule has 0 unspecified atom stereocenters. The highest BCUT2D eigenvalue weighted by Gasteiger charge is 2.09. The van der Waals surface area contributed by atoms with E-state index in [1.165, 1.54) is 6.07 Å². The van der Waals surface area contributed by atoms with E-state index in [0.717, 1.165) is 12.1 Å². The lowest BCUT2D eigenvalue weighted by atomic mass is 10.2. The Hall–Kier alpha value is -1.98. The van der Waals surface area contributed by atoms with Crippen LogP contribution in [0.5, 0.6) is 11.5 Å². The van der Waals surface area contributed by atoms with Gasteiger partial charge in [-0.05, 0) is 41.9 Å². The van der Waals surface area contributed by atoms with Crippen LogP contribution >= 0.6 is 23.2 Å². The lowest BCUT2D eigenvalue weighted by Crippen LogP contribution is -1.91. The lowest BCUT2D eigenvalue weighted by Gasteiger charge is -2.08. The minimum atomic E-state index is -0.798. The van der Waals surface area contributed by atoms with E-state index in [1.807, 2.05) is 0 Å². The zero-order chi connectivity index (χ0) is 15.0. The standard InChI is InChI=1S/C14H6Cl2F2N2O/c15-13-9-6-8(2-3-11(9)19-14(16)20-13)21-12-4-1-7(17)5-10(12)18/h1-6H. The second-order valence-electron chi connectivity index (χ2n) is 4.14. The maximum Gasteiger partial charge on any atom is 0.224 e. The molecule has 0 N–H and O–H groups in total. The molecule has 0 spiro atoms. The molecule has 0 bridgehead atoms. The molecule has 0 fully saturated rings. The third-order valence-electron chi connectivity index (χ3n) is 2.72. The number of aromatic nitrogens is 2. The molecular weight excluding hydrogens is 321 g/mol. The van der Waals surface area contributed by atoms with Gasteiger partial charge in [-0.25, -0.2) is 18.7 Å². The monoisotopic (exact) mass is 326 g/mol. The SMILES string of the molecule is Fc1ccc(Oc2ccc3nc(Cl)nc(Cl)c3c2)c(F)c1. The fraction of sp³-hybridized carbons (Fsp3) is 0. The number of hydrogen-bond donors (Lipinski definition) is 0. The molecule has 0 aliphatic carbocycles. The summed E-state index contributed by atoms with van der Waals surface area (Å²) in [4.78, 5) is 7.82. The van der Waals surface area contributed by atoms with Crippen molar-refractivity contribution < 1.29 is 13.5 Å². The maximum absolute atomic E-state index is 13.5. The molecule has 21 heavy (non-hydrogen) atoms. The van der Waals surface area contributed by atoms with Gasteiger partial charge < -0.3 is 4.74 Å². The smallest absolute Gasteiger partial charge is 0.224 e. The van der Waals surface area contributed by atoms with Gasteiger partial charge >= 0.3 is 0 Å². The summed E-state index contributed by atoms with van der Waals surface area (Å²) >= 11 is 11.7. The molecule has 0 atom stereocenters. The quantitative estimate of drug-likeness (QED) is 0.490. The Balaban J connectivity index is 2.01. The molecule has 0 saturated heterocycles. The number of hydrogen-bond acceptors (Lipinski definition) is 3. The number of rotatable bonds is 2. The first kappa shape index (κ1) is 14.0. The Morgan fingerprint density at radius 1 is 0.952 bits per heavy atom. The highest BCUT2D eigenvalue weighted by atomic mass is 35.5. The molecular formula is C14H6Cl2F2N2O. The van der Waals surface area contributed by atoms with Gasteiger partial charge in [0.05, 0.1) is 5.52 Å². The number of benzene rings is 2. The Kier molecular flexibility index (Phi) is 3.61. The summed E-state index contributed by atoms with van der Waals surface area (Å²) in [5.74, 6) is -1.25. The zero-order valence-electron chi connectivity index (χ0n) is 10.3. The summed E-state index contributed by atoms with van der Waals surface area (Å²) in [6.45, 7) is 0. The topological polar surface area (TPSA) is 35.0 Å². The van der Waals surface area contributed by atoms with Crippen LogP contribution in [0, 0.1) is 11.6 Å². The van der Waals surface area contributed by atoms with Crippen molar-refractivity contribution in [1.82, 2.24) is 9.97 Å². The van der Waals surface area contributed by atoms with E-state index >= 15 is 0 Å². The van der Waals surface area contributed by atoms with E-state index in [2.05, 4.69) is 9.97 Å². The van der Waals surface area contributed by atoms with Gasteiger partial charge in [-0.15, -0.1) is 0 Å². The van der Waals surface area contributed by atoms with Crippen LogP contribution in [0.1, 0.15) is 0 Å². The molecule has 0 aliphatic rings. The van der Waals surface area contributed by atoms with Crippen molar-refractivity contribution in [2.24, 2.45) is 0 Å². The average Bonchev–Trinajstić information content (AvgIpc) is 2.42. The summed E-state index contributed by atoms with van der Waals surface area (Å²) in [6.07, 6.45) is 0. The van der Waals surface area contributed by atoms with Crippen LogP contribution in [-0.2, 0) is 0 Å². The normalized spacial score (nSPS) is 10.9. The Morgan fingerprint density at radius 2 is 1.76 bits per heavy atom. The van der Waals surface area contributed by atoms with Gasteiger partial charge in [0.1, 0.15) is 16.7 Å². The van der Waals surface area contributed by atoms with Gasteiger partial charge in [0.25, 0.3) is 0 Å². The van der Waals surface area contributed by atoms with Crippen LogP contribution in [0.3, 0.4) is 0 Å². The van der Waals surface area contributed by atoms with Crippen molar-refractivity contribution in [3.63, 3.8) is 0 Å². The predicted octanol–water partition coefficient (Wildman–Crippen LogP) is 5.01. The summed E-state index contributed by atoms with van der Waals surface area (Å²) < 4.78 is 31.8. The largest absolute Gasteiger partial charge is 0.454 e. The first-order chi connectivity index (χ1) is 10.0. The molecule has 3 aromatic rings. The van der Waals surface area contributed by atoms with Crippen LogP contribution in [-0.4, -0.2) is 9.97 Å². The van der Waals surface area contributed by atoms with Crippen LogP contribution in [0.4, 0.5) is 8.78 Å². The number of fused-ring (bicyclic) bond motifs is 1. The first-order valence-electron chi connectivity index (χ1n) is 5.78. The van der Waals surface area contributed by atoms with Gasteiger partial charge in [-0.3, -0.25) is 0 Å². The molecule has 7 heteroatoms. The number of nitrogens with zero attached hydrogens (tertiary/aromatic N) is 2. The third kappa shape index (κ3) is 2.89. The number of halogens is 4. The summed E-state index contributed by atoms with van der Waals surface area (Å²) in [7, 11) is 0. The molecule has 2 aromatic carbocycles. The molecule has 3 rings (SSSR count). The highest BCUT2D eigenvalue weighted by molar-refractivity contribution is 6.35. The maximum atomic E-state index is 13.5. The predicted molar refractivity (Wildman–Crippen MR) is 76.0 cm³/mol. The van der Waals surface area contributed by atoms with Crippen LogP contribution in [0.15, 0.2) is 36.4 Å². The Labute approximate surface area is 128 Å². The van der Waals surface area contributed by atoms with Gasteiger partial charge in [0, 0.05) is 11.5 Å². The molecule has 1 heterocycles. The van der Waals surface area contributed by atoms with Crippen LogP contribution < -0.4 is 4.74 Å². The Bertz CT molecular complexity index is 843. The minimum Gasteiger partial charge on any atom is -0.454 e. The zero-order valence-corrected chi connectivity index (χ0v) is 11.8. The van der Waals surface area contributed by atoms with Crippen molar-refractivity contribution in [3.05, 3.63) is 58.5 Å². The van der Waals surface area contributed by atoms with Crippen molar-refractivity contribution in [1.29, 1.82) is 0 Å². The van der Waals surface area contributed by atoms with E-state index in [9.17, 15) is 8.78 Å². The number of ether oxygens (including phenoxy) is 1. The molecule has 106 valence electrons. The second kappa shape index (κ2) is 5.42. The first-order valence-corrected chi connectivity index (χ1v) is 6.54. The van der Waals surface area contributed by atoms with Gasteiger partial charge in [0.2, 0.25) is 5.28 Å². The van der Waals surface area contributed by atoms with Gasteiger partial charge in [-0.2, -0.15) is 0 Å². The van der Waals surface area contributed by atoms with E-state index in [0.29, 0.717) is 16.7 Å². The summed E-state index contributed by atoms with van der Waals surface area (Å²) in [5.41, 5.74) is 0.534. The molecule has 0 radical (unpaired) electrons. The third-order valence-corrected chi connectivity index (χ3v) is 3.17. The van der Waals surface area contributed by atoms with Crippen LogP contribution in [0.2, 0.25) is 10.4 Å². The minimum absolute atomic E-state index is 0.0331. The van der Waals surface area contributed by atoms with Crippen molar-refractivity contribution in [2.75, 3.05) is 0 Å². The fourth-order valence-corrected chi connectivity index (χ4v) is 2.24. The molecule has 3 nitrogen and oxygen atoms in total. The highest BCUT2D eigenvalue weighted by Crippen LogP contribution is 2.30. The fourth-order valence-electron chi connectivity index (χ4n) is 1.79. The molecule has 0 aliphatic heterocycles. The van der Waals surface area contributed by atoms with E-state index in [4.69, 9.17) is 27.9 Å². The summed E-state index contributed by atoms with van der Waals surface area (Å²) in [6, 6.07) is 7.80. The lowest BCUT2D eigenvalue weighted by molar-refractivity contribution is 0.438. The molecule has 1 aromatic heterocycles. The second-order valence-corrected chi connectivity index (χ2v) is 4.84. The molecule has 0 amide bonds. The van der Waals surface area contributed by atoms with Gasteiger partial charge in [-0.1, -0.05) is 11.6 Å². The van der Waals surface area contributed by atoms with Gasteiger partial charge in [0.15, 0.2) is 11.6 Å². The van der Waals surface area contributed by atoms with Crippen molar-refractivity contribution in [2.45, 2.75) is 0 Å². The van der Waals surface area contributed by atoms with E-state index in [-0.39, 0.29) is 16.2 Å². The van der Waals surface area contributed by atoms with E-state index in [1.54, 1.807) is 18.2 Å². The van der Waals surface area contributed by atoms with Crippen molar-refractivity contribution >= 4 is 34.1 Å². The van der Waals surface area contributed by atoms with E-state index < -0.39 is 11.6 Å². The van der Waals surface area contributed by atoms with Crippen LogP contribution in [0.25, 0.3) is 10.9 Å². The molecule has 0 saturated carbocycles. The Morgan fingerprint density at radius 3 is 2.52 bits per heavy atom.